The standard InChI is InChI=1S/C38H76NO7P/c1-6-8-10-12-14-16-18-19-20-22-24-26-28-30-33-43-35-37(36-45-47(41,42)44-34-32-39(3,4)5)46-38(40)31-29-27-25-23-21-17-15-13-11-9-7-2/h13,15,37H,6-12,14,16-36H2,1-5H3/b15-13-/t37-/m1/s1. The topological polar surface area (TPSA) is 94.1 Å². The second-order valence-electron chi connectivity index (χ2n) is 14.3. The zero-order chi connectivity index (χ0) is 34.9. The highest BCUT2D eigenvalue weighted by Gasteiger charge is 2.20. The van der Waals surface area contributed by atoms with Crippen LogP contribution in [0.5, 0.6) is 0 Å². The van der Waals surface area contributed by atoms with Crippen LogP contribution in [0.4, 0.5) is 0 Å². The van der Waals surface area contributed by atoms with Crippen molar-refractivity contribution in [3.05, 3.63) is 12.2 Å². The molecule has 0 saturated carbocycles. The molecule has 0 aliphatic rings. The summed E-state index contributed by atoms with van der Waals surface area (Å²) in [6.07, 6.45) is 32.1. The van der Waals surface area contributed by atoms with Gasteiger partial charge in [-0.05, 0) is 32.1 Å². The fraction of sp³-hybridized carbons (Fsp3) is 0.921. The van der Waals surface area contributed by atoms with Gasteiger partial charge >= 0.3 is 5.97 Å². The van der Waals surface area contributed by atoms with Crippen LogP contribution in [0.2, 0.25) is 0 Å². The van der Waals surface area contributed by atoms with E-state index in [-0.39, 0.29) is 25.8 Å². The Balaban J connectivity index is 4.27. The van der Waals surface area contributed by atoms with Gasteiger partial charge in [0.15, 0.2) is 0 Å². The molecule has 0 N–H and O–H groups in total. The average Bonchev–Trinajstić information content (AvgIpc) is 3.01. The number of hydrogen-bond donors (Lipinski definition) is 0. The number of esters is 1. The number of likely N-dealkylation sites (N-methyl/N-ethyl adjacent to an activating group) is 1. The van der Waals surface area contributed by atoms with E-state index < -0.39 is 13.9 Å². The van der Waals surface area contributed by atoms with Gasteiger partial charge in [0.25, 0.3) is 7.82 Å². The number of phosphoric ester groups is 1. The molecule has 280 valence electrons. The molecule has 9 heteroatoms. The van der Waals surface area contributed by atoms with Crippen LogP contribution in [-0.4, -0.2) is 70.7 Å². The Morgan fingerprint density at radius 1 is 0.638 bits per heavy atom. The van der Waals surface area contributed by atoms with E-state index in [9.17, 15) is 14.3 Å². The minimum atomic E-state index is -4.51. The molecule has 0 aliphatic heterocycles. The molecule has 0 aromatic carbocycles. The van der Waals surface area contributed by atoms with Crippen LogP contribution < -0.4 is 4.89 Å². The summed E-state index contributed by atoms with van der Waals surface area (Å²) in [5.74, 6) is -0.343. The fourth-order valence-corrected chi connectivity index (χ4v) is 5.96. The molecule has 0 aromatic rings. The summed E-state index contributed by atoms with van der Waals surface area (Å²) in [5, 5.41) is 0. The van der Waals surface area contributed by atoms with Crippen molar-refractivity contribution in [2.75, 3.05) is 54.1 Å². The summed E-state index contributed by atoms with van der Waals surface area (Å²) in [6, 6.07) is 0. The highest BCUT2D eigenvalue weighted by molar-refractivity contribution is 7.45. The maximum absolute atomic E-state index is 12.6. The van der Waals surface area contributed by atoms with E-state index in [4.69, 9.17) is 18.5 Å². The van der Waals surface area contributed by atoms with Crippen LogP contribution in [0.25, 0.3) is 0 Å². The molecular formula is C38H76NO7P. The minimum absolute atomic E-state index is 0.0273. The number of nitrogens with zero attached hydrogens (tertiary/aromatic N) is 1. The fourth-order valence-electron chi connectivity index (χ4n) is 5.23. The Bertz CT molecular complexity index is 772. The Labute approximate surface area is 290 Å². The van der Waals surface area contributed by atoms with Gasteiger partial charge in [-0.2, -0.15) is 0 Å². The van der Waals surface area contributed by atoms with E-state index in [2.05, 4.69) is 26.0 Å². The quantitative estimate of drug-likeness (QED) is 0.0212. The van der Waals surface area contributed by atoms with E-state index in [0.717, 1.165) is 44.9 Å². The maximum Gasteiger partial charge on any atom is 0.306 e. The molecule has 1 unspecified atom stereocenters. The van der Waals surface area contributed by atoms with Gasteiger partial charge < -0.3 is 27.9 Å². The lowest BCUT2D eigenvalue weighted by Gasteiger charge is -2.28. The molecule has 0 heterocycles. The molecule has 0 bridgehead atoms. The van der Waals surface area contributed by atoms with Crippen LogP contribution in [0.3, 0.4) is 0 Å². The minimum Gasteiger partial charge on any atom is -0.756 e. The number of carbonyl (C=O) groups excluding carboxylic acids is 1. The van der Waals surface area contributed by atoms with Gasteiger partial charge in [-0.1, -0.05) is 142 Å². The van der Waals surface area contributed by atoms with Gasteiger partial charge in [-0.25, -0.2) is 0 Å². The van der Waals surface area contributed by atoms with E-state index in [0.29, 0.717) is 24.1 Å². The predicted octanol–water partition coefficient (Wildman–Crippen LogP) is 10.1. The number of hydrogen-bond acceptors (Lipinski definition) is 7. The van der Waals surface area contributed by atoms with Crippen LogP contribution in [-0.2, 0) is 27.9 Å². The van der Waals surface area contributed by atoms with Crippen molar-refractivity contribution in [1.29, 1.82) is 0 Å². The first-order valence-corrected chi connectivity index (χ1v) is 20.9. The number of phosphoric acid groups is 1. The van der Waals surface area contributed by atoms with E-state index in [1.165, 1.54) is 103 Å². The maximum atomic E-state index is 12.6. The number of ether oxygens (including phenoxy) is 2. The lowest BCUT2D eigenvalue weighted by atomic mass is 10.0. The summed E-state index contributed by atoms with van der Waals surface area (Å²) in [5.41, 5.74) is 0. The number of unbranched alkanes of at least 4 members (excludes halogenated alkanes) is 20. The van der Waals surface area contributed by atoms with Gasteiger partial charge in [-0.3, -0.25) is 9.36 Å². The first kappa shape index (κ1) is 46.2. The zero-order valence-electron chi connectivity index (χ0n) is 31.5. The molecule has 0 radical (unpaired) electrons. The molecule has 47 heavy (non-hydrogen) atoms. The van der Waals surface area contributed by atoms with Crippen molar-refractivity contribution in [3.8, 4) is 0 Å². The highest BCUT2D eigenvalue weighted by Crippen LogP contribution is 2.38. The molecule has 8 nitrogen and oxygen atoms in total. The summed E-state index contributed by atoms with van der Waals surface area (Å²) in [4.78, 5) is 24.9. The summed E-state index contributed by atoms with van der Waals surface area (Å²) >= 11 is 0. The molecule has 0 aliphatic carbocycles. The predicted molar refractivity (Wildman–Crippen MR) is 194 cm³/mol. The average molecular weight is 690 g/mol. The largest absolute Gasteiger partial charge is 0.756 e. The summed E-state index contributed by atoms with van der Waals surface area (Å²) in [6.45, 7) is 5.38. The molecule has 2 atom stereocenters. The van der Waals surface area contributed by atoms with E-state index >= 15 is 0 Å². The third kappa shape index (κ3) is 36.3. The first-order chi connectivity index (χ1) is 22.6. The van der Waals surface area contributed by atoms with Crippen LogP contribution in [0, 0.1) is 0 Å². The Morgan fingerprint density at radius 2 is 1.13 bits per heavy atom. The Kier molecular flexibility index (Phi) is 31.9. The van der Waals surface area contributed by atoms with Gasteiger partial charge in [0.05, 0.1) is 34.4 Å². The van der Waals surface area contributed by atoms with E-state index in [1.54, 1.807) is 0 Å². The second kappa shape index (κ2) is 32.4. The number of quaternary nitrogens is 1. The van der Waals surface area contributed by atoms with Gasteiger partial charge in [0.2, 0.25) is 0 Å². The lowest BCUT2D eigenvalue weighted by Crippen LogP contribution is -2.37. The van der Waals surface area contributed by atoms with Crippen molar-refractivity contribution < 1.29 is 37.3 Å². The van der Waals surface area contributed by atoms with Crippen molar-refractivity contribution in [2.24, 2.45) is 0 Å². The van der Waals surface area contributed by atoms with Crippen molar-refractivity contribution >= 4 is 13.8 Å². The molecule has 0 rings (SSSR count). The Morgan fingerprint density at radius 3 is 1.68 bits per heavy atom. The highest BCUT2D eigenvalue weighted by atomic mass is 31.2. The normalized spacial score (nSPS) is 14.1. The van der Waals surface area contributed by atoms with Crippen LogP contribution in [0.1, 0.15) is 168 Å². The summed E-state index contributed by atoms with van der Waals surface area (Å²) in [7, 11) is 1.36. The zero-order valence-corrected chi connectivity index (χ0v) is 32.4. The Hall–Kier alpha value is -0.760. The number of allylic oxidation sites excluding steroid dienone is 2. The molecular weight excluding hydrogens is 613 g/mol. The van der Waals surface area contributed by atoms with Crippen molar-refractivity contribution in [3.63, 3.8) is 0 Å². The summed E-state index contributed by atoms with van der Waals surface area (Å²) < 4.78 is 34.4. The lowest BCUT2D eigenvalue weighted by molar-refractivity contribution is -0.870. The molecule has 0 spiro atoms. The van der Waals surface area contributed by atoms with Gasteiger partial charge in [-0.15, -0.1) is 0 Å². The third-order valence-electron chi connectivity index (χ3n) is 8.32. The van der Waals surface area contributed by atoms with Crippen molar-refractivity contribution in [1.82, 2.24) is 0 Å². The molecule has 0 saturated heterocycles. The molecule has 0 fully saturated rings. The van der Waals surface area contributed by atoms with E-state index in [1.807, 2.05) is 21.1 Å². The second-order valence-corrected chi connectivity index (χ2v) is 15.7. The third-order valence-corrected chi connectivity index (χ3v) is 9.28. The SMILES string of the molecule is CCCC/C=C\CCCCCCCC(=O)O[C@H](COCCCCCCCCCCCCCCCC)COP(=O)([O-])OCC[N+](C)(C)C. The van der Waals surface area contributed by atoms with Crippen LogP contribution in [0.15, 0.2) is 12.2 Å². The number of carbonyl (C=O) groups is 1. The van der Waals surface area contributed by atoms with Crippen molar-refractivity contribution in [2.45, 2.75) is 174 Å². The van der Waals surface area contributed by atoms with Crippen LogP contribution >= 0.6 is 7.82 Å². The first-order valence-electron chi connectivity index (χ1n) is 19.4. The van der Waals surface area contributed by atoms with Gasteiger partial charge in [0, 0.05) is 13.0 Å². The number of rotatable bonds is 36. The molecule has 0 aromatic heterocycles. The smallest absolute Gasteiger partial charge is 0.306 e. The van der Waals surface area contributed by atoms with Gasteiger partial charge in [0.1, 0.15) is 19.3 Å². The molecule has 0 amide bonds. The monoisotopic (exact) mass is 690 g/mol.